The molecule has 1 atom stereocenters. The molecule has 2 fully saturated rings. The van der Waals surface area contributed by atoms with Gasteiger partial charge in [0.15, 0.2) is 0 Å². The van der Waals surface area contributed by atoms with Gasteiger partial charge in [-0.1, -0.05) is 0 Å². The van der Waals surface area contributed by atoms with E-state index in [-0.39, 0.29) is 11.7 Å². The second-order valence-electron chi connectivity index (χ2n) is 8.11. The van der Waals surface area contributed by atoms with Crippen LogP contribution in [0.5, 0.6) is 11.5 Å². The van der Waals surface area contributed by atoms with Gasteiger partial charge in [0.25, 0.3) is 5.91 Å². The van der Waals surface area contributed by atoms with Crippen molar-refractivity contribution in [3.8, 4) is 11.5 Å². The normalized spacial score (nSPS) is 19.9. The summed E-state index contributed by atoms with van der Waals surface area (Å²) in [6, 6.07) is 12.4. The van der Waals surface area contributed by atoms with E-state index in [0.717, 1.165) is 57.8 Å². The number of benzene rings is 2. The number of carbonyl (C=O) groups is 1. The van der Waals surface area contributed by atoms with Crippen molar-refractivity contribution in [2.75, 3.05) is 58.4 Å². The van der Waals surface area contributed by atoms with Crippen molar-refractivity contribution in [3.63, 3.8) is 0 Å². The summed E-state index contributed by atoms with van der Waals surface area (Å²) in [7, 11) is 3.17. The molecule has 6 nitrogen and oxygen atoms in total. The summed E-state index contributed by atoms with van der Waals surface area (Å²) in [6.07, 6.45) is 2.09. The van der Waals surface area contributed by atoms with Gasteiger partial charge in [-0.3, -0.25) is 9.69 Å². The van der Waals surface area contributed by atoms with Gasteiger partial charge in [0.2, 0.25) is 0 Å². The summed E-state index contributed by atoms with van der Waals surface area (Å²) in [5.74, 6) is 1.01. The monoisotopic (exact) mass is 427 g/mol. The number of nitrogens with zero attached hydrogens (tertiary/aromatic N) is 3. The third-order valence-electron chi connectivity index (χ3n) is 6.35. The largest absolute Gasteiger partial charge is 0.497 e. The Morgan fingerprint density at radius 3 is 2.39 bits per heavy atom. The zero-order valence-electron chi connectivity index (χ0n) is 18.2. The Morgan fingerprint density at radius 1 is 0.968 bits per heavy atom. The maximum Gasteiger partial charge on any atom is 0.257 e. The van der Waals surface area contributed by atoms with Crippen molar-refractivity contribution in [2.24, 2.45) is 0 Å². The minimum absolute atomic E-state index is 0.00847. The van der Waals surface area contributed by atoms with Crippen LogP contribution < -0.4 is 14.4 Å². The van der Waals surface area contributed by atoms with E-state index in [4.69, 9.17) is 9.47 Å². The van der Waals surface area contributed by atoms with Gasteiger partial charge in [-0.15, -0.1) is 0 Å². The maximum absolute atomic E-state index is 13.2. The minimum Gasteiger partial charge on any atom is -0.497 e. The van der Waals surface area contributed by atoms with E-state index in [1.807, 2.05) is 17.0 Å². The van der Waals surface area contributed by atoms with Gasteiger partial charge < -0.3 is 19.3 Å². The third kappa shape index (κ3) is 4.77. The van der Waals surface area contributed by atoms with E-state index in [1.165, 1.54) is 12.1 Å². The van der Waals surface area contributed by atoms with E-state index in [2.05, 4.69) is 9.80 Å². The first-order valence-corrected chi connectivity index (χ1v) is 10.8. The standard InChI is InChI=1S/C24H30FN3O3/c1-30-21-9-10-22(23(16-21)31-2)24(29)28-11-3-4-20(17-28)27-14-12-26(13-15-27)19-7-5-18(25)6-8-19/h5-10,16,20H,3-4,11-15,17H2,1-2H3/t20-/m1/s1. The number of carbonyl (C=O) groups excluding carboxylic acids is 1. The molecule has 0 bridgehead atoms. The first-order valence-electron chi connectivity index (χ1n) is 10.8. The van der Waals surface area contributed by atoms with Crippen molar-refractivity contribution in [3.05, 3.63) is 53.8 Å². The fraction of sp³-hybridized carbons (Fsp3) is 0.458. The van der Waals surface area contributed by atoms with Crippen molar-refractivity contribution in [1.29, 1.82) is 0 Å². The summed E-state index contributed by atoms with van der Waals surface area (Å²) in [6.45, 7) is 5.18. The van der Waals surface area contributed by atoms with Crippen LogP contribution in [0.1, 0.15) is 23.2 Å². The number of hydrogen-bond donors (Lipinski definition) is 0. The maximum atomic E-state index is 13.2. The number of methoxy groups -OCH3 is 2. The molecule has 7 heteroatoms. The molecule has 0 unspecified atom stereocenters. The highest BCUT2D eigenvalue weighted by atomic mass is 19.1. The summed E-state index contributed by atoms with van der Waals surface area (Å²) in [5, 5.41) is 0. The van der Waals surface area contributed by atoms with E-state index in [0.29, 0.717) is 23.1 Å². The molecule has 0 aliphatic carbocycles. The molecule has 0 spiro atoms. The first-order chi connectivity index (χ1) is 15.1. The lowest BCUT2D eigenvalue weighted by molar-refractivity contribution is 0.0560. The Morgan fingerprint density at radius 2 is 1.71 bits per heavy atom. The third-order valence-corrected chi connectivity index (χ3v) is 6.35. The van der Waals surface area contributed by atoms with E-state index in [9.17, 15) is 9.18 Å². The van der Waals surface area contributed by atoms with Crippen LogP contribution in [-0.4, -0.2) is 75.2 Å². The van der Waals surface area contributed by atoms with Crippen LogP contribution >= 0.6 is 0 Å². The Bertz CT molecular complexity index is 897. The topological polar surface area (TPSA) is 45.2 Å². The number of ether oxygens (including phenoxy) is 2. The number of anilines is 1. The zero-order chi connectivity index (χ0) is 21.8. The molecule has 2 aliphatic rings. The molecule has 0 radical (unpaired) electrons. The lowest BCUT2D eigenvalue weighted by Crippen LogP contribution is -2.55. The molecule has 0 N–H and O–H groups in total. The SMILES string of the molecule is COc1ccc(C(=O)N2CCC[C@@H](N3CCN(c4ccc(F)cc4)CC3)C2)c(OC)c1. The Balaban J connectivity index is 1.38. The van der Waals surface area contributed by atoms with Crippen LogP contribution in [0, 0.1) is 5.82 Å². The second-order valence-corrected chi connectivity index (χ2v) is 8.11. The smallest absolute Gasteiger partial charge is 0.257 e. The van der Waals surface area contributed by atoms with Gasteiger partial charge >= 0.3 is 0 Å². The lowest BCUT2D eigenvalue weighted by atomic mass is 10.0. The van der Waals surface area contributed by atoms with E-state index >= 15 is 0 Å². The van der Waals surface area contributed by atoms with E-state index in [1.54, 1.807) is 32.4 Å². The van der Waals surface area contributed by atoms with Crippen LogP contribution in [0.2, 0.25) is 0 Å². The zero-order valence-corrected chi connectivity index (χ0v) is 18.2. The molecule has 2 aromatic carbocycles. The number of likely N-dealkylation sites (tertiary alicyclic amines) is 1. The van der Waals surface area contributed by atoms with Gasteiger partial charge in [0, 0.05) is 57.1 Å². The number of rotatable bonds is 5. The van der Waals surface area contributed by atoms with Crippen molar-refractivity contribution in [1.82, 2.24) is 9.80 Å². The molecule has 2 aliphatic heterocycles. The Hall–Kier alpha value is -2.80. The molecular weight excluding hydrogens is 397 g/mol. The molecule has 2 saturated heterocycles. The highest BCUT2D eigenvalue weighted by Crippen LogP contribution is 2.28. The average molecular weight is 428 g/mol. The number of piperazine rings is 1. The lowest BCUT2D eigenvalue weighted by Gasteiger charge is -2.44. The van der Waals surface area contributed by atoms with Crippen molar-refractivity contribution in [2.45, 2.75) is 18.9 Å². The van der Waals surface area contributed by atoms with Gasteiger partial charge in [0.1, 0.15) is 17.3 Å². The number of hydrogen-bond acceptors (Lipinski definition) is 5. The summed E-state index contributed by atoms with van der Waals surface area (Å²) < 4.78 is 23.9. The minimum atomic E-state index is -0.206. The van der Waals surface area contributed by atoms with Gasteiger partial charge in [-0.25, -0.2) is 4.39 Å². The number of piperidine rings is 1. The Kier molecular flexibility index (Phi) is 6.61. The van der Waals surface area contributed by atoms with E-state index < -0.39 is 0 Å². The van der Waals surface area contributed by atoms with Gasteiger partial charge in [0.05, 0.1) is 19.8 Å². The molecule has 4 rings (SSSR count). The molecule has 0 saturated carbocycles. The quantitative estimate of drug-likeness (QED) is 0.733. The Labute approximate surface area is 183 Å². The highest BCUT2D eigenvalue weighted by molar-refractivity contribution is 5.97. The molecule has 31 heavy (non-hydrogen) atoms. The predicted molar refractivity (Wildman–Crippen MR) is 119 cm³/mol. The molecule has 1 amide bonds. The second kappa shape index (κ2) is 9.56. The van der Waals surface area contributed by atoms with Crippen molar-refractivity contribution < 1.29 is 18.7 Å². The molecular formula is C24H30FN3O3. The van der Waals surface area contributed by atoms with Crippen LogP contribution in [-0.2, 0) is 0 Å². The van der Waals surface area contributed by atoms with Gasteiger partial charge in [-0.2, -0.15) is 0 Å². The molecule has 2 aromatic rings. The summed E-state index contributed by atoms with van der Waals surface area (Å²) in [4.78, 5) is 20.0. The highest BCUT2D eigenvalue weighted by Gasteiger charge is 2.31. The predicted octanol–water partition coefficient (Wildman–Crippen LogP) is 3.27. The van der Waals surface area contributed by atoms with Crippen LogP contribution in [0.25, 0.3) is 0 Å². The fourth-order valence-electron chi connectivity index (χ4n) is 4.58. The van der Waals surface area contributed by atoms with Crippen molar-refractivity contribution >= 4 is 11.6 Å². The fourth-order valence-corrected chi connectivity index (χ4v) is 4.58. The molecule has 2 heterocycles. The van der Waals surface area contributed by atoms with Crippen LogP contribution in [0.4, 0.5) is 10.1 Å². The summed E-state index contributed by atoms with van der Waals surface area (Å²) >= 11 is 0. The van der Waals surface area contributed by atoms with Crippen LogP contribution in [0.3, 0.4) is 0 Å². The van der Waals surface area contributed by atoms with Gasteiger partial charge in [-0.05, 0) is 49.2 Å². The first kappa shape index (κ1) is 21.4. The molecule has 166 valence electrons. The van der Waals surface area contributed by atoms with Crippen LogP contribution in [0.15, 0.2) is 42.5 Å². The average Bonchev–Trinajstić information content (AvgIpc) is 2.84. The molecule has 0 aromatic heterocycles. The number of amides is 1. The number of halogens is 1. The summed E-state index contributed by atoms with van der Waals surface area (Å²) in [5.41, 5.74) is 1.64.